The summed E-state index contributed by atoms with van der Waals surface area (Å²) in [4.78, 5) is 9.57. The number of aliphatic carboxylic acids is 1. The molecule has 0 spiro atoms. The molecule has 0 aliphatic rings. The molecule has 0 radical (unpaired) electrons. The minimum absolute atomic E-state index is 0.108. The van der Waals surface area contributed by atoms with Gasteiger partial charge in [0.2, 0.25) is 9.84 Å². The Kier molecular flexibility index (Phi) is 4.90. The monoisotopic (exact) mass is 308 g/mol. The van der Waals surface area contributed by atoms with Crippen LogP contribution in [0.5, 0.6) is 0 Å². The lowest BCUT2D eigenvalue weighted by Gasteiger charge is -2.06. The van der Waals surface area contributed by atoms with Crippen molar-refractivity contribution in [2.45, 2.75) is 11.8 Å². The molecule has 1 aromatic rings. The average Bonchev–Trinajstić information content (AvgIpc) is 2.32. The predicted molar refractivity (Wildman–Crippen MR) is 65.9 cm³/mol. The summed E-state index contributed by atoms with van der Waals surface area (Å²) in [5.74, 6) is -2.47. The molecule has 0 amide bonds. The number of benzene rings is 1. The van der Waals surface area contributed by atoms with Crippen molar-refractivity contribution in [3.05, 3.63) is 40.2 Å². The highest BCUT2D eigenvalue weighted by atomic mass is 35.5. The van der Waals surface area contributed by atoms with Gasteiger partial charge in [-0.05, 0) is 25.1 Å². The zero-order valence-corrected chi connectivity index (χ0v) is 11.3. The Bertz CT molecular complexity index is 624. The highest BCUT2D eigenvalue weighted by Gasteiger charge is 2.28. The molecule has 1 N–H and O–H groups in total. The first-order valence-corrected chi connectivity index (χ1v) is 6.92. The lowest BCUT2D eigenvalue weighted by Crippen LogP contribution is -2.14. The van der Waals surface area contributed by atoms with Crippen LogP contribution in [0.2, 0.25) is 5.02 Å². The predicted octanol–water partition coefficient (Wildman–Crippen LogP) is 2.22. The average molecular weight is 309 g/mol. The number of carbonyl (C=O) groups is 1. The first kappa shape index (κ1) is 15.5. The molecule has 0 unspecified atom stereocenters. The van der Waals surface area contributed by atoms with Crippen LogP contribution < -0.4 is 0 Å². The molecule has 0 aliphatic heterocycles. The highest BCUT2D eigenvalue weighted by molar-refractivity contribution is 7.96. The van der Waals surface area contributed by atoms with Crippen LogP contribution in [0.15, 0.2) is 34.3 Å². The van der Waals surface area contributed by atoms with Gasteiger partial charge in [-0.1, -0.05) is 11.6 Å². The fraction of sp³-hybridized carbons (Fsp3) is 0.182. The number of ether oxygens (including phenoxy) is 1. The molecule has 0 saturated carbocycles. The second kappa shape index (κ2) is 6.03. The SMILES string of the molecule is CCOC=C(C(=O)O)S(=O)(=O)c1ccc(F)c(Cl)c1. The molecule has 1 rings (SSSR count). The molecule has 0 aliphatic carbocycles. The maximum atomic E-state index is 13.0. The van der Waals surface area contributed by atoms with Gasteiger partial charge in [0, 0.05) is 0 Å². The smallest absolute Gasteiger partial charge is 0.350 e. The van der Waals surface area contributed by atoms with E-state index in [1.807, 2.05) is 0 Å². The van der Waals surface area contributed by atoms with Crippen molar-refractivity contribution < 1.29 is 27.4 Å². The summed E-state index contributed by atoms with van der Waals surface area (Å²) in [6.07, 6.45) is 0.634. The van der Waals surface area contributed by atoms with Crippen LogP contribution in [0.1, 0.15) is 6.92 Å². The Morgan fingerprint density at radius 3 is 2.63 bits per heavy atom. The minimum atomic E-state index is -4.33. The first-order chi connectivity index (χ1) is 8.80. The molecule has 0 bridgehead atoms. The zero-order valence-electron chi connectivity index (χ0n) is 9.76. The van der Waals surface area contributed by atoms with Gasteiger partial charge in [-0.25, -0.2) is 17.6 Å². The lowest BCUT2D eigenvalue weighted by atomic mass is 10.3. The Hall–Kier alpha value is -1.60. The normalized spacial score (nSPS) is 12.3. The third kappa shape index (κ3) is 3.45. The van der Waals surface area contributed by atoms with Gasteiger partial charge in [0.25, 0.3) is 0 Å². The van der Waals surface area contributed by atoms with Gasteiger partial charge >= 0.3 is 5.97 Å². The molecule has 8 heteroatoms. The summed E-state index contributed by atoms with van der Waals surface area (Å²) < 4.78 is 41.7. The third-order valence-electron chi connectivity index (χ3n) is 2.06. The van der Waals surface area contributed by atoms with Crippen molar-refractivity contribution in [2.24, 2.45) is 0 Å². The molecular formula is C11H10ClFO5S. The van der Waals surface area contributed by atoms with Crippen molar-refractivity contribution >= 4 is 27.4 Å². The molecule has 5 nitrogen and oxygen atoms in total. The summed E-state index contributed by atoms with van der Waals surface area (Å²) in [5.41, 5.74) is 0. The van der Waals surface area contributed by atoms with E-state index in [0.717, 1.165) is 18.2 Å². The van der Waals surface area contributed by atoms with Gasteiger partial charge < -0.3 is 9.84 Å². The van der Waals surface area contributed by atoms with Gasteiger partial charge in [-0.2, -0.15) is 0 Å². The Balaban J connectivity index is 3.35. The van der Waals surface area contributed by atoms with Crippen LogP contribution in [-0.2, 0) is 19.4 Å². The van der Waals surface area contributed by atoms with E-state index in [4.69, 9.17) is 16.7 Å². The number of sulfone groups is 1. The summed E-state index contributed by atoms with van der Waals surface area (Å²) in [6.45, 7) is 1.67. The number of rotatable bonds is 5. The van der Waals surface area contributed by atoms with E-state index in [2.05, 4.69) is 4.74 Å². The summed E-state index contributed by atoms with van der Waals surface area (Å²) >= 11 is 5.47. The quantitative estimate of drug-likeness (QED) is 0.512. The van der Waals surface area contributed by atoms with E-state index in [9.17, 15) is 17.6 Å². The molecule has 0 saturated heterocycles. The highest BCUT2D eigenvalue weighted by Crippen LogP contribution is 2.24. The molecule has 104 valence electrons. The van der Waals surface area contributed by atoms with E-state index < -0.39 is 36.4 Å². The number of carboxylic acid groups (broad SMARTS) is 1. The maximum absolute atomic E-state index is 13.0. The van der Waals surface area contributed by atoms with Gasteiger partial charge in [0.1, 0.15) is 12.1 Å². The van der Waals surface area contributed by atoms with Crippen LogP contribution in [0.25, 0.3) is 0 Å². The molecule has 0 fully saturated rings. The maximum Gasteiger partial charge on any atom is 0.350 e. The number of halogens is 2. The van der Waals surface area contributed by atoms with Crippen LogP contribution >= 0.6 is 11.6 Å². The molecule has 19 heavy (non-hydrogen) atoms. The summed E-state index contributed by atoms with van der Waals surface area (Å²) in [7, 11) is -4.33. The number of hydrogen-bond donors (Lipinski definition) is 1. The van der Waals surface area contributed by atoms with Gasteiger partial charge in [0.05, 0.1) is 16.5 Å². The summed E-state index contributed by atoms with van der Waals surface area (Å²) in [5, 5.41) is 8.47. The minimum Gasteiger partial charge on any atom is -0.500 e. The molecule has 0 heterocycles. The van der Waals surface area contributed by atoms with Crippen molar-refractivity contribution in [1.29, 1.82) is 0 Å². The second-order valence-corrected chi connectivity index (χ2v) is 5.65. The standard InChI is InChI=1S/C11H10ClFO5S/c1-2-18-6-10(11(14)15)19(16,17)7-3-4-9(13)8(12)5-7/h3-6H,2H2,1H3,(H,14,15). The van der Waals surface area contributed by atoms with Crippen LogP contribution in [0.4, 0.5) is 4.39 Å². The van der Waals surface area contributed by atoms with Crippen molar-refractivity contribution in [3.8, 4) is 0 Å². The van der Waals surface area contributed by atoms with Crippen LogP contribution in [-0.4, -0.2) is 26.1 Å². The molecule has 1 aromatic carbocycles. The molecule has 0 atom stereocenters. The largest absolute Gasteiger partial charge is 0.500 e. The lowest BCUT2D eigenvalue weighted by molar-refractivity contribution is -0.132. The Labute approximate surface area is 114 Å². The van der Waals surface area contributed by atoms with E-state index >= 15 is 0 Å². The number of hydrogen-bond acceptors (Lipinski definition) is 4. The van der Waals surface area contributed by atoms with E-state index in [0.29, 0.717) is 6.26 Å². The van der Waals surface area contributed by atoms with Crippen molar-refractivity contribution in [3.63, 3.8) is 0 Å². The second-order valence-electron chi connectivity index (χ2n) is 3.32. The molecule has 0 aromatic heterocycles. The van der Waals surface area contributed by atoms with Gasteiger partial charge in [-0.15, -0.1) is 0 Å². The van der Waals surface area contributed by atoms with Crippen LogP contribution in [0.3, 0.4) is 0 Å². The third-order valence-corrected chi connectivity index (χ3v) is 4.07. The number of carboxylic acids is 1. The van der Waals surface area contributed by atoms with Gasteiger partial charge in [-0.3, -0.25) is 0 Å². The van der Waals surface area contributed by atoms with Crippen molar-refractivity contribution in [1.82, 2.24) is 0 Å². The summed E-state index contributed by atoms with van der Waals surface area (Å²) in [6, 6.07) is 2.61. The first-order valence-electron chi connectivity index (χ1n) is 5.06. The van der Waals surface area contributed by atoms with E-state index in [-0.39, 0.29) is 6.61 Å². The Morgan fingerprint density at radius 2 is 2.16 bits per heavy atom. The fourth-order valence-electron chi connectivity index (χ4n) is 1.16. The van der Waals surface area contributed by atoms with E-state index in [1.54, 1.807) is 6.92 Å². The van der Waals surface area contributed by atoms with Crippen molar-refractivity contribution in [2.75, 3.05) is 6.61 Å². The topological polar surface area (TPSA) is 80.7 Å². The van der Waals surface area contributed by atoms with Crippen LogP contribution in [0, 0.1) is 5.82 Å². The molecular weight excluding hydrogens is 299 g/mol. The van der Waals surface area contributed by atoms with E-state index in [1.165, 1.54) is 0 Å². The fourth-order valence-corrected chi connectivity index (χ4v) is 2.60. The van der Waals surface area contributed by atoms with Gasteiger partial charge in [0.15, 0.2) is 4.91 Å². The zero-order chi connectivity index (χ0) is 14.6. The Morgan fingerprint density at radius 1 is 1.53 bits per heavy atom.